The second-order valence-electron chi connectivity index (χ2n) is 7.75. The Morgan fingerprint density at radius 2 is 1.88 bits per heavy atom. The minimum Gasteiger partial charge on any atom is -0.385 e. The standard InChI is InChI=1S/C20H27N3O2/c1-15(2)23-12-17(10-21-23)20(24)8-18-13-25-14-19(9-20)22(18)11-16-6-4-3-5-7-16/h3-7,10,12,15,18-19,24H,8-9,11,13-14H2,1-2H3. The summed E-state index contributed by atoms with van der Waals surface area (Å²) in [7, 11) is 0. The molecule has 2 aromatic rings. The molecule has 2 unspecified atom stereocenters. The summed E-state index contributed by atoms with van der Waals surface area (Å²) in [6, 6.07) is 11.3. The molecule has 3 heterocycles. The van der Waals surface area contributed by atoms with E-state index in [9.17, 15) is 5.11 Å². The Hall–Kier alpha value is -1.69. The molecule has 2 aliphatic heterocycles. The molecule has 4 rings (SSSR count). The molecule has 0 aliphatic carbocycles. The largest absolute Gasteiger partial charge is 0.385 e. The van der Waals surface area contributed by atoms with Gasteiger partial charge in [-0.15, -0.1) is 0 Å². The van der Waals surface area contributed by atoms with Gasteiger partial charge in [-0.05, 0) is 32.3 Å². The Labute approximate surface area is 149 Å². The molecular formula is C20H27N3O2. The summed E-state index contributed by atoms with van der Waals surface area (Å²) in [5, 5.41) is 15.8. The molecule has 5 nitrogen and oxygen atoms in total. The number of aromatic nitrogens is 2. The summed E-state index contributed by atoms with van der Waals surface area (Å²) < 4.78 is 7.73. The Balaban J connectivity index is 1.55. The van der Waals surface area contributed by atoms with Crippen molar-refractivity contribution in [1.82, 2.24) is 14.7 Å². The average molecular weight is 341 g/mol. The highest BCUT2D eigenvalue weighted by atomic mass is 16.5. The molecule has 2 atom stereocenters. The molecule has 2 saturated heterocycles. The zero-order valence-corrected chi connectivity index (χ0v) is 15.0. The molecule has 25 heavy (non-hydrogen) atoms. The van der Waals surface area contributed by atoms with Crippen LogP contribution < -0.4 is 0 Å². The quantitative estimate of drug-likeness (QED) is 0.929. The SMILES string of the molecule is CC(C)n1cc(C2(O)CC3COCC(C2)N3Cc2ccccc2)cn1. The number of benzene rings is 1. The molecule has 134 valence electrons. The zero-order valence-electron chi connectivity index (χ0n) is 15.0. The van der Waals surface area contributed by atoms with Gasteiger partial charge in [-0.1, -0.05) is 30.3 Å². The summed E-state index contributed by atoms with van der Waals surface area (Å²) in [6.07, 6.45) is 5.23. The van der Waals surface area contributed by atoms with E-state index in [1.54, 1.807) is 0 Å². The summed E-state index contributed by atoms with van der Waals surface area (Å²) in [4.78, 5) is 2.51. The van der Waals surface area contributed by atoms with E-state index in [2.05, 4.69) is 54.2 Å². The number of nitrogens with zero attached hydrogens (tertiary/aromatic N) is 3. The summed E-state index contributed by atoms with van der Waals surface area (Å²) >= 11 is 0. The van der Waals surface area contributed by atoms with Crippen molar-refractivity contribution in [2.75, 3.05) is 13.2 Å². The van der Waals surface area contributed by atoms with Crippen LogP contribution in [-0.2, 0) is 16.9 Å². The van der Waals surface area contributed by atoms with E-state index in [-0.39, 0.29) is 12.1 Å². The van der Waals surface area contributed by atoms with Crippen LogP contribution in [0.25, 0.3) is 0 Å². The minimum atomic E-state index is -0.806. The Morgan fingerprint density at radius 1 is 1.20 bits per heavy atom. The van der Waals surface area contributed by atoms with E-state index < -0.39 is 5.60 Å². The lowest BCUT2D eigenvalue weighted by Crippen LogP contribution is -2.60. The third-order valence-electron chi connectivity index (χ3n) is 5.58. The van der Waals surface area contributed by atoms with Crippen molar-refractivity contribution in [2.24, 2.45) is 0 Å². The normalized spacial score (nSPS) is 29.9. The van der Waals surface area contributed by atoms with E-state index in [0.29, 0.717) is 32.1 Å². The van der Waals surface area contributed by atoms with Crippen LogP contribution >= 0.6 is 0 Å². The fourth-order valence-electron chi connectivity index (χ4n) is 4.19. The highest BCUT2D eigenvalue weighted by Crippen LogP contribution is 2.41. The highest BCUT2D eigenvalue weighted by molar-refractivity contribution is 5.21. The van der Waals surface area contributed by atoms with E-state index in [1.807, 2.05) is 17.1 Å². The first-order valence-electron chi connectivity index (χ1n) is 9.19. The average Bonchev–Trinajstić information content (AvgIpc) is 3.08. The van der Waals surface area contributed by atoms with Gasteiger partial charge in [-0.2, -0.15) is 5.10 Å². The van der Waals surface area contributed by atoms with Gasteiger partial charge in [0.05, 0.1) is 25.0 Å². The maximum Gasteiger partial charge on any atom is 0.0958 e. The van der Waals surface area contributed by atoms with Gasteiger partial charge >= 0.3 is 0 Å². The highest BCUT2D eigenvalue weighted by Gasteiger charge is 2.47. The molecule has 2 bridgehead atoms. The van der Waals surface area contributed by atoms with Gasteiger partial charge in [0, 0.05) is 36.4 Å². The van der Waals surface area contributed by atoms with E-state index in [1.165, 1.54) is 5.56 Å². The fraction of sp³-hybridized carbons (Fsp3) is 0.550. The number of hydrogen-bond donors (Lipinski definition) is 1. The van der Waals surface area contributed by atoms with Crippen molar-refractivity contribution >= 4 is 0 Å². The Kier molecular flexibility index (Phi) is 4.40. The third kappa shape index (κ3) is 3.24. The lowest BCUT2D eigenvalue weighted by Gasteiger charge is -2.51. The van der Waals surface area contributed by atoms with Crippen molar-refractivity contribution < 1.29 is 9.84 Å². The van der Waals surface area contributed by atoms with Gasteiger partial charge in [-0.25, -0.2) is 0 Å². The number of rotatable bonds is 4. The molecule has 5 heteroatoms. The topological polar surface area (TPSA) is 50.5 Å². The lowest BCUT2D eigenvalue weighted by molar-refractivity contribution is -0.149. The van der Waals surface area contributed by atoms with Crippen LogP contribution in [0.2, 0.25) is 0 Å². The maximum atomic E-state index is 11.4. The monoisotopic (exact) mass is 341 g/mol. The van der Waals surface area contributed by atoms with Crippen LogP contribution in [0.5, 0.6) is 0 Å². The Morgan fingerprint density at radius 3 is 2.48 bits per heavy atom. The van der Waals surface area contributed by atoms with Crippen LogP contribution in [0.3, 0.4) is 0 Å². The first-order chi connectivity index (χ1) is 12.0. The number of morpholine rings is 1. The first-order valence-corrected chi connectivity index (χ1v) is 9.19. The first kappa shape index (κ1) is 16.8. The summed E-state index contributed by atoms with van der Waals surface area (Å²) in [5.41, 5.74) is 1.45. The van der Waals surface area contributed by atoms with Gasteiger partial charge in [0.2, 0.25) is 0 Å². The van der Waals surface area contributed by atoms with E-state index in [0.717, 1.165) is 12.1 Å². The number of ether oxygens (including phenoxy) is 1. The minimum absolute atomic E-state index is 0.236. The van der Waals surface area contributed by atoms with Gasteiger partial charge < -0.3 is 9.84 Å². The molecule has 0 saturated carbocycles. The van der Waals surface area contributed by atoms with Crippen LogP contribution in [0, 0.1) is 0 Å². The van der Waals surface area contributed by atoms with Crippen LogP contribution in [0.4, 0.5) is 0 Å². The predicted molar refractivity (Wildman–Crippen MR) is 96.1 cm³/mol. The van der Waals surface area contributed by atoms with Crippen LogP contribution in [0.1, 0.15) is 43.9 Å². The fourth-order valence-corrected chi connectivity index (χ4v) is 4.19. The van der Waals surface area contributed by atoms with Gasteiger partial charge in [-0.3, -0.25) is 9.58 Å². The van der Waals surface area contributed by atoms with Crippen molar-refractivity contribution in [3.63, 3.8) is 0 Å². The van der Waals surface area contributed by atoms with Crippen molar-refractivity contribution in [3.8, 4) is 0 Å². The van der Waals surface area contributed by atoms with Crippen molar-refractivity contribution in [1.29, 1.82) is 0 Å². The van der Waals surface area contributed by atoms with Crippen LogP contribution in [-0.4, -0.2) is 45.1 Å². The second kappa shape index (κ2) is 6.56. The molecule has 1 aromatic heterocycles. The maximum absolute atomic E-state index is 11.4. The zero-order chi connectivity index (χ0) is 17.4. The number of hydrogen-bond acceptors (Lipinski definition) is 4. The number of piperidine rings is 1. The third-order valence-corrected chi connectivity index (χ3v) is 5.58. The van der Waals surface area contributed by atoms with Crippen molar-refractivity contribution in [3.05, 3.63) is 53.9 Å². The van der Waals surface area contributed by atoms with E-state index in [4.69, 9.17) is 4.74 Å². The molecular weight excluding hydrogens is 314 g/mol. The molecule has 2 fully saturated rings. The summed E-state index contributed by atoms with van der Waals surface area (Å²) in [5.74, 6) is 0. The van der Waals surface area contributed by atoms with Gasteiger partial charge in [0.1, 0.15) is 0 Å². The van der Waals surface area contributed by atoms with Crippen molar-refractivity contribution in [2.45, 2.75) is 57.0 Å². The smallest absolute Gasteiger partial charge is 0.0958 e. The number of aliphatic hydroxyl groups is 1. The number of fused-ring (bicyclic) bond motifs is 2. The molecule has 0 spiro atoms. The second-order valence-corrected chi connectivity index (χ2v) is 7.75. The summed E-state index contributed by atoms with van der Waals surface area (Å²) in [6.45, 7) is 6.49. The molecule has 0 radical (unpaired) electrons. The molecule has 0 amide bonds. The van der Waals surface area contributed by atoms with Gasteiger partial charge in [0.15, 0.2) is 0 Å². The Bertz CT molecular complexity index is 699. The predicted octanol–water partition coefficient (Wildman–Crippen LogP) is 2.72. The lowest BCUT2D eigenvalue weighted by atomic mass is 9.77. The molecule has 1 N–H and O–H groups in total. The van der Waals surface area contributed by atoms with E-state index >= 15 is 0 Å². The molecule has 2 aliphatic rings. The molecule has 1 aromatic carbocycles. The van der Waals surface area contributed by atoms with Gasteiger partial charge in [0.25, 0.3) is 0 Å². The van der Waals surface area contributed by atoms with Crippen LogP contribution in [0.15, 0.2) is 42.7 Å².